The summed E-state index contributed by atoms with van der Waals surface area (Å²) in [6, 6.07) is 0. The van der Waals surface area contributed by atoms with Gasteiger partial charge in [-0.1, -0.05) is 41.5 Å². The van der Waals surface area contributed by atoms with Crippen LogP contribution in [0, 0.1) is 30.3 Å². The van der Waals surface area contributed by atoms with Gasteiger partial charge in [-0.05, 0) is 10.8 Å². The number of nitro groups is 3. The molecule has 0 heterocycles. The molecule has 0 aliphatic heterocycles. The highest BCUT2D eigenvalue weighted by Crippen LogP contribution is 2.54. The average Bonchev–Trinajstić information content (AvgIpc) is 2.32. The Balaban J connectivity index is 4.41. The highest BCUT2D eigenvalue weighted by atomic mass is 16.6. The Morgan fingerprint density at radius 2 is 1.00 bits per heavy atom. The van der Waals surface area contributed by atoms with Crippen molar-refractivity contribution in [1.29, 1.82) is 0 Å². The van der Waals surface area contributed by atoms with Crippen molar-refractivity contribution >= 4 is 17.1 Å². The molecule has 132 valence electrons. The van der Waals surface area contributed by atoms with Crippen LogP contribution in [0.15, 0.2) is 0 Å². The quantitative estimate of drug-likeness (QED) is 0.650. The van der Waals surface area contributed by atoms with Gasteiger partial charge >= 0.3 is 17.1 Å². The van der Waals surface area contributed by atoms with Gasteiger partial charge < -0.3 is 5.11 Å². The van der Waals surface area contributed by atoms with Crippen LogP contribution in [0.1, 0.15) is 52.7 Å². The van der Waals surface area contributed by atoms with Crippen molar-refractivity contribution in [2.75, 3.05) is 0 Å². The van der Waals surface area contributed by atoms with Gasteiger partial charge in [0.05, 0.1) is 20.3 Å². The Labute approximate surface area is 137 Å². The molecule has 10 heteroatoms. The van der Waals surface area contributed by atoms with Crippen molar-refractivity contribution in [3.8, 4) is 5.75 Å². The van der Waals surface area contributed by atoms with Crippen LogP contribution in [0.2, 0.25) is 0 Å². The summed E-state index contributed by atoms with van der Waals surface area (Å²) in [7, 11) is 0. The molecule has 0 radical (unpaired) electrons. The van der Waals surface area contributed by atoms with Crippen LogP contribution in [-0.2, 0) is 10.8 Å². The summed E-state index contributed by atoms with van der Waals surface area (Å²) in [5.41, 5.74) is -5.54. The molecule has 0 saturated heterocycles. The minimum atomic E-state index is -1.31. The third-order valence-electron chi connectivity index (χ3n) is 3.44. The van der Waals surface area contributed by atoms with E-state index in [2.05, 4.69) is 0 Å². The van der Waals surface area contributed by atoms with Crippen molar-refractivity contribution in [2.45, 2.75) is 52.4 Å². The smallest absolute Gasteiger partial charge is 0.426 e. The molecule has 1 N–H and O–H groups in total. The van der Waals surface area contributed by atoms with Crippen LogP contribution >= 0.6 is 0 Å². The zero-order valence-corrected chi connectivity index (χ0v) is 14.2. The predicted molar refractivity (Wildman–Crippen MR) is 85.5 cm³/mol. The molecule has 0 spiro atoms. The first-order valence-electron chi connectivity index (χ1n) is 6.99. The van der Waals surface area contributed by atoms with Crippen molar-refractivity contribution in [3.63, 3.8) is 0 Å². The zero-order valence-electron chi connectivity index (χ0n) is 14.2. The molecule has 0 aromatic heterocycles. The highest BCUT2D eigenvalue weighted by Gasteiger charge is 2.49. The van der Waals surface area contributed by atoms with Gasteiger partial charge in [0.2, 0.25) is 5.75 Å². The Morgan fingerprint density at radius 1 is 0.667 bits per heavy atom. The summed E-state index contributed by atoms with van der Waals surface area (Å²) in [4.78, 5) is 30.8. The molecular weight excluding hydrogens is 322 g/mol. The third kappa shape index (κ3) is 3.12. The molecule has 0 amide bonds. The molecule has 1 aromatic rings. The number of nitrogens with zero attached hydrogens (tertiary/aromatic N) is 3. The molecule has 0 unspecified atom stereocenters. The molecule has 1 aromatic carbocycles. The second kappa shape index (κ2) is 5.69. The molecule has 0 aliphatic carbocycles. The number of phenolic OH excluding ortho intramolecular Hbond substituents is 1. The molecule has 24 heavy (non-hydrogen) atoms. The number of aromatic hydroxyl groups is 1. The van der Waals surface area contributed by atoms with Gasteiger partial charge in [0.1, 0.15) is 0 Å². The van der Waals surface area contributed by atoms with Crippen LogP contribution < -0.4 is 0 Å². The lowest BCUT2D eigenvalue weighted by atomic mass is 9.73. The lowest BCUT2D eigenvalue weighted by molar-refractivity contribution is -0.442. The molecule has 1 rings (SSSR count). The van der Waals surface area contributed by atoms with Crippen LogP contribution in [0.5, 0.6) is 5.75 Å². The number of phenols is 1. The van der Waals surface area contributed by atoms with E-state index in [4.69, 9.17) is 0 Å². The topological polar surface area (TPSA) is 150 Å². The van der Waals surface area contributed by atoms with Crippen LogP contribution in [0.3, 0.4) is 0 Å². The molecule has 0 fully saturated rings. The normalized spacial score (nSPS) is 12.1. The van der Waals surface area contributed by atoms with E-state index in [9.17, 15) is 35.4 Å². The molecule has 0 saturated carbocycles. The van der Waals surface area contributed by atoms with E-state index >= 15 is 0 Å². The van der Waals surface area contributed by atoms with Crippen molar-refractivity contribution < 1.29 is 19.9 Å². The fraction of sp³-hybridized carbons (Fsp3) is 0.571. The van der Waals surface area contributed by atoms with Crippen LogP contribution in [-0.4, -0.2) is 19.9 Å². The summed E-state index contributed by atoms with van der Waals surface area (Å²) in [6.07, 6.45) is 0. The number of rotatable bonds is 3. The second-order valence-corrected chi connectivity index (χ2v) is 7.42. The first kappa shape index (κ1) is 19.3. The summed E-state index contributed by atoms with van der Waals surface area (Å²) in [6.45, 7) is 9.57. The monoisotopic (exact) mass is 341 g/mol. The molecule has 0 bridgehead atoms. The molecule has 0 atom stereocenters. The van der Waals surface area contributed by atoms with E-state index in [1.165, 1.54) is 0 Å². The Kier molecular flexibility index (Phi) is 4.57. The Morgan fingerprint density at radius 3 is 1.25 bits per heavy atom. The first-order valence-corrected chi connectivity index (χ1v) is 6.99. The van der Waals surface area contributed by atoms with Crippen molar-refractivity contribution in [3.05, 3.63) is 41.5 Å². The standard InChI is InChI=1S/C14H19N3O7/c1-13(2,3)7-8(14(4,5)6)12(18)11(17(23)24)10(16(21)22)9(7)15(19)20/h18H,1-6H3. The summed E-state index contributed by atoms with van der Waals surface area (Å²) in [5.74, 6) is -0.908. The van der Waals surface area contributed by atoms with Gasteiger partial charge in [-0.2, -0.15) is 0 Å². The number of hydrogen-bond donors (Lipinski definition) is 1. The largest absolute Gasteiger partial charge is 0.502 e. The molecule has 10 nitrogen and oxygen atoms in total. The zero-order chi connectivity index (χ0) is 19.2. The van der Waals surface area contributed by atoms with Gasteiger partial charge in [0.15, 0.2) is 0 Å². The molecular formula is C14H19N3O7. The fourth-order valence-corrected chi connectivity index (χ4v) is 2.68. The van der Waals surface area contributed by atoms with Gasteiger partial charge in [-0.15, -0.1) is 0 Å². The maximum Gasteiger partial charge on any atom is 0.426 e. The van der Waals surface area contributed by atoms with E-state index in [-0.39, 0.29) is 11.1 Å². The molecule has 0 aliphatic rings. The van der Waals surface area contributed by atoms with E-state index in [0.29, 0.717) is 0 Å². The van der Waals surface area contributed by atoms with Crippen molar-refractivity contribution in [2.24, 2.45) is 0 Å². The summed E-state index contributed by atoms with van der Waals surface area (Å²) >= 11 is 0. The summed E-state index contributed by atoms with van der Waals surface area (Å²) in [5, 5.41) is 44.6. The van der Waals surface area contributed by atoms with Gasteiger partial charge in [0, 0.05) is 5.56 Å². The number of nitro benzene ring substituents is 3. The average molecular weight is 341 g/mol. The maximum absolute atomic E-state index is 11.6. The lowest BCUT2D eigenvalue weighted by Crippen LogP contribution is -2.25. The predicted octanol–water partition coefficient (Wildman–Crippen LogP) is 3.71. The minimum Gasteiger partial charge on any atom is -0.502 e. The maximum atomic E-state index is 11.6. The SMILES string of the molecule is CC(C)(C)c1c(O)c([N+](=O)[O-])c([N+](=O)[O-])c([N+](=O)[O-])c1C(C)(C)C. The van der Waals surface area contributed by atoms with Gasteiger partial charge in [-0.3, -0.25) is 30.3 Å². The van der Waals surface area contributed by atoms with E-state index in [0.717, 1.165) is 0 Å². The summed E-state index contributed by atoms with van der Waals surface area (Å²) < 4.78 is 0. The van der Waals surface area contributed by atoms with Crippen LogP contribution in [0.4, 0.5) is 17.1 Å². The van der Waals surface area contributed by atoms with Gasteiger partial charge in [-0.25, -0.2) is 0 Å². The number of benzene rings is 1. The van der Waals surface area contributed by atoms with E-state index in [1.54, 1.807) is 41.5 Å². The lowest BCUT2D eigenvalue weighted by Gasteiger charge is -2.29. The van der Waals surface area contributed by atoms with Gasteiger partial charge in [0.25, 0.3) is 0 Å². The highest BCUT2D eigenvalue weighted by molar-refractivity contribution is 5.79. The Hall–Kier alpha value is -2.78. The number of hydrogen-bond acceptors (Lipinski definition) is 7. The minimum absolute atomic E-state index is 0.0426. The Bertz CT molecular complexity index is 742. The van der Waals surface area contributed by atoms with E-state index < -0.39 is 48.4 Å². The fourth-order valence-electron chi connectivity index (χ4n) is 2.68. The van der Waals surface area contributed by atoms with Crippen molar-refractivity contribution in [1.82, 2.24) is 0 Å². The third-order valence-corrected chi connectivity index (χ3v) is 3.44. The van der Waals surface area contributed by atoms with E-state index in [1.807, 2.05) is 0 Å². The van der Waals surface area contributed by atoms with Crippen LogP contribution in [0.25, 0.3) is 0 Å². The second-order valence-electron chi connectivity index (χ2n) is 7.42. The first-order chi connectivity index (χ1) is 10.6.